The molecule has 0 spiro atoms. The van der Waals surface area contributed by atoms with E-state index in [1.807, 2.05) is 6.92 Å². The number of fused-ring (bicyclic) bond motifs is 1. The van der Waals surface area contributed by atoms with E-state index in [4.69, 9.17) is 5.14 Å². The van der Waals surface area contributed by atoms with Crippen molar-refractivity contribution in [3.63, 3.8) is 0 Å². The number of nitrogens with zero attached hydrogens (tertiary/aromatic N) is 2. The summed E-state index contributed by atoms with van der Waals surface area (Å²) in [5.41, 5.74) is 0.00342. The van der Waals surface area contributed by atoms with Crippen LogP contribution in [0.2, 0.25) is 0 Å². The molecule has 10 nitrogen and oxygen atoms in total. The Hall–Kier alpha value is -2.10. The lowest BCUT2D eigenvalue weighted by Crippen LogP contribution is -2.63. The van der Waals surface area contributed by atoms with E-state index in [9.17, 15) is 37.0 Å². The standard InChI is InChI=1S/C22H28F2N4O6S2/c1-10-18-17(11(2)29)21(30)28(18)19(22(31)32)20(10)35-15-6-14(7-26-36(25,33)34)27(9-15)8-12-5-13(23)3-4-16(12)24/h3-5,10-11,14-15,17-18,26,29H,6-9H2,1-2H3,(H,31,32)(H2,25,33,34)/t10-,11-,14+,15+,17-,18-/m1/s1. The number of benzene rings is 1. The second-order valence-corrected chi connectivity index (χ2v) is 12.2. The summed E-state index contributed by atoms with van der Waals surface area (Å²) in [4.78, 5) is 28.2. The van der Waals surface area contributed by atoms with Crippen LogP contribution in [0.1, 0.15) is 25.8 Å². The predicted octanol–water partition coefficient (Wildman–Crippen LogP) is 0.588. The summed E-state index contributed by atoms with van der Waals surface area (Å²) in [7, 11) is -3.99. The third-order valence-corrected chi connectivity index (χ3v) is 9.06. The normalized spacial score (nSPS) is 29.4. The molecule has 1 aromatic carbocycles. The number of aliphatic carboxylic acids is 1. The number of rotatable bonds is 9. The minimum Gasteiger partial charge on any atom is -0.477 e. The highest BCUT2D eigenvalue weighted by Gasteiger charge is 2.60. The van der Waals surface area contributed by atoms with Gasteiger partial charge in [0, 0.05) is 47.3 Å². The zero-order valence-electron chi connectivity index (χ0n) is 19.6. The van der Waals surface area contributed by atoms with Crippen LogP contribution >= 0.6 is 11.8 Å². The van der Waals surface area contributed by atoms with Crippen LogP contribution in [0.15, 0.2) is 28.8 Å². The van der Waals surface area contributed by atoms with Crippen LogP contribution in [0.3, 0.4) is 0 Å². The second-order valence-electron chi connectivity index (χ2n) is 9.46. The first-order chi connectivity index (χ1) is 16.8. The van der Waals surface area contributed by atoms with Crippen molar-refractivity contribution in [2.24, 2.45) is 17.0 Å². The van der Waals surface area contributed by atoms with E-state index < -0.39 is 57.8 Å². The molecule has 198 valence electrons. The summed E-state index contributed by atoms with van der Waals surface area (Å²) in [5, 5.41) is 24.7. The van der Waals surface area contributed by atoms with Crippen LogP contribution in [0.25, 0.3) is 0 Å². The molecule has 6 atom stereocenters. The Kier molecular flexibility index (Phi) is 7.48. The zero-order chi connectivity index (χ0) is 26.5. The highest BCUT2D eigenvalue weighted by Crippen LogP contribution is 2.52. The van der Waals surface area contributed by atoms with E-state index in [0.717, 1.165) is 18.2 Å². The fourth-order valence-corrected chi connectivity index (χ4v) is 7.40. The molecule has 0 saturated carbocycles. The van der Waals surface area contributed by atoms with Gasteiger partial charge in [0.15, 0.2) is 0 Å². The van der Waals surface area contributed by atoms with Gasteiger partial charge in [0.05, 0.1) is 18.1 Å². The molecule has 36 heavy (non-hydrogen) atoms. The number of carbonyl (C=O) groups is 2. The van der Waals surface area contributed by atoms with Gasteiger partial charge in [0.1, 0.15) is 17.3 Å². The van der Waals surface area contributed by atoms with Crippen molar-refractivity contribution in [1.29, 1.82) is 0 Å². The van der Waals surface area contributed by atoms with Gasteiger partial charge in [0.2, 0.25) is 5.91 Å². The van der Waals surface area contributed by atoms with Crippen molar-refractivity contribution in [2.75, 3.05) is 13.1 Å². The molecule has 2 fully saturated rings. The van der Waals surface area contributed by atoms with Gasteiger partial charge in [-0.05, 0) is 31.5 Å². The first kappa shape index (κ1) is 26.9. The SMILES string of the molecule is C[C@@H](O)[C@H]1C(=O)N2C(C(=O)O)=C(S[C@H]3C[C@@H](CNS(N)(=O)=O)N(Cc4cc(F)ccc4F)C3)[C@H](C)[C@H]12. The van der Waals surface area contributed by atoms with Crippen molar-refractivity contribution in [2.45, 2.75) is 50.3 Å². The summed E-state index contributed by atoms with van der Waals surface area (Å²) in [6, 6.07) is 2.24. The Morgan fingerprint density at radius 3 is 2.67 bits per heavy atom. The van der Waals surface area contributed by atoms with Crippen molar-refractivity contribution >= 4 is 33.8 Å². The summed E-state index contributed by atoms with van der Waals surface area (Å²) in [5.74, 6) is -3.89. The molecule has 4 rings (SSSR count). The van der Waals surface area contributed by atoms with Crippen LogP contribution in [0.4, 0.5) is 8.78 Å². The highest BCUT2D eigenvalue weighted by atomic mass is 32.2. The van der Waals surface area contributed by atoms with Crippen molar-refractivity contribution in [1.82, 2.24) is 14.5 Å². The average Bonchev–Trinajstić information content (AvgIpc) is 3.25. The Balaban J connectivity index is 1.57. The Bertz CT molecular complexity index is 1210. The third kappa shape index (κ3) is 5.15. The number of hydrogen-bond donors (Lipinski definition) is 4. The average molecular weight is 547 g/mol. The number of carbonyl (C=O) groups excluding carboxylic acids is 1. The number of aliphatic hydroxyl groups is 1. The number of nitrogens with two attached hydrogens (primary N) is 1. The second kappa shape index (κ2) is 9.99. The molecule has 3 aliphatic heterocycles. The van der Waals surface area contributed by atoms with E-state index >= 15 is 0 Å². The molecule has 2 saturated heterocycles. The minimum atomic E-state index is -3.99. The number of thioether (sulfide) groups is 1. The largest absolute Gasteiger partial charge is 0.477 e. The maximum atomic E-state index is 14.3. The fraction of sp³-hybridized carbons (Fsp3) is 0.545. The quantitative estimate of drug-likeness (QED) is 0.328. The van der Waals surface area contributed by atoms with Gasteiger partial charge < -0.3 is 15.1 Å². The van der Waals surface area contributed by atoms with E-state index in [1.165, 1.54) is 23.6 Å². The molecule has 0 aromatic heterocycles. The monoisotopic (exact) mass is 546 g/mol. The molecule has 3 heterocycles. The fourth-order valence-electron chi connectivity index (χ4n) is 5.38. The predicted molar refractivity (Wildman–Crippen MR) is 127 cm³/mol. The lowest BCUT2D eigenvalue weighted by Gasteiger charge is -2.46. The molecule has 1 amide bonds. The maximum absolute atomic E-state index is 14.3. The van der Waals surface area contributed by atoms with Gasteiger partial charge in [0.25, 0.3) is 10.2 Å². The van der Waals surface area contributed by atoms with E-state index in [1.54, 1.807) is 4.90 Å². The highest BCUT2D eigenvalue weighted by molar-refractivity contribution is 8.03. The topological polar surface area (TPSA) is 153 Å². The lowest BCUT2D eigenvalue weighted by atomic mass is 9.79. The van der Waals surface area contributed by atoms with E-state index in [0.29, 0.717) is 17.9 Å². The molecule has 0 bridgehead atoms. The third-order valence-electron chi connectivity index (χ3n) is 7.00. The van der Waals surface area contributed by atoms with Crippen molar-refractivity contribution in [3.8, 4) is 0 Å². The van der Waals surface area contributed by atoms with Crippen LogP contribution in [0, 0.1) is 23.5 Å². The number of nitrogens with one attached hydrogen (secondary N) is 1. The zero-order valence-corrected chi connectivity index (χ0v) is 21.2. The molecule has 5 N–H and O–H groups in total. The molecule has 14 heteroatoms. The summed E-state index contributed by atoms with van der Waals surface area (Å²) < 4.78 is 53.2. The summed E-state index contributed by atoms with van der Waals surface area (Å²) in [6.07, 6.45) is -0.511. The number of amides is 1. The molecule has 0 radical (unpaired) electrons. The molecule has 3 aliphatic rings. The number of halogens is 2. The van der Waals surface area contributed by atoms with E-state index in [-0.39, 0.29) is 35.5 Å². The number of aliphatic hydroxyl groups excluding tert-OH is 1. The molecule has 0 aliphatic carbocycles. The van der Waals surface area contributed by atoms with Gasteiger partial charge in [-0.3, -0.25) is 9.69 Å². The molecular formula is C22H28F2N4O6S2. The van der Waals surface area contributed by atoms with Gasteiger partial charge in [-0.15, -0.1) is 11.8 Å². The van der Waals surface area contributed by atoms with Crippen molar-refractivity contribution < 1.29 is 37.0 Å². The van der Waals surface area contributed by atoms with Crippen molar-refractivity contribution in [3.05, 3.63) is 46.0 Å². The molecular weight excluding hydrogens is 518 g/mol. The first-order valence-electron chi connectivity index (χ1n) is 11.4. The summed E-state index contributed by atoms with van der Waals surface area (Å²) >= 11 is 1.29. The Labute approximate surface area is 211 Å². The number of likely N-dealkylation sites (tertiary alicyclic amines) is 1. The number of hydrogen-bond acceptors (Lipinski definition) is 7. The number of β-lactam (4-membered cyclic amide) rings is 1. The molecule has 0 unspecified atom stereocenters. The van der Waals surface area contributed by atoms with Crippen LogP contribution in [0.5, 0.6) is 0 Å². The number of carboxylic acids is 1. The van der Waals surface area contributed by atoms with Crippen LogP contribution in [-0.2, 0) is 26.3 Å². The molecule has 1 aromatic rings. The van der Waals surface area contributed by atoms with E-state index in [2.05, 4.69) is 4.72 Å². The summed E-state index contributed by atoms with van der Waals surface area (Å²) in [6.45, 7) is 3.59. The van der Waals surface area contributed by atoms with Crippen LogP contribution in [-0.4, -0.2) is 76.8 Å². The number of carboxylic acid groups (broad SMARTS) is 1. The maximum Gasteiger partial charge on any atom is 0.353 e. The van der Waals surface area contributed by atoms with Gasteiger partial charge in [-0.2, -0.15) is 8.42 Å². The van der Waals surface area contributed by atoms with Gasteiger partial charge >= 0.3 is 5.97 Å². The lowest BCUT2D eigenvalue weighted by molar-refractivity contribution is -0.163. The Morgan fingerprint density at radius 1 is 1.36 bits per heavy atom. The first-order valence-corrected chi connectivity index (χ1v) is 13.8. The Morgan fingerprint density at radius 2 is 2.06 bits per heavy atom. The smallest absolute Gasteiger partial charge is 0.353 e. The van der Waals surface area contributed by atoms with Gasteiger partial charge in [-0.1, -0.05) is 6.92 Å². The van der Waals surface area contributed by atoms with Gasteiger partial charge in [-0.25, -0.2) is 23.4 Å². The minimum absolute atomic E-state index is 0.00927. The van der Waals surface area contributed by atoms with Crippen LogP contribution < -0.4 is 9.86 Å².